The van der Waals surface area contributed by atoms with Crippen LogP contribution in [0.25, 0.3) is 0 Å². The van der Waals surface area contributed by atoms with E-state index in [0.717, 1.165) is 36.6 Å². The molecule has 2 aliphatic heterocycles. The Morgan fingerprint density at radius 3 is 2.79 bits per heavy atom. The molecule has 0 saturated carbocycles. The van der Waals surface area contributed by atoms with Crippen LogP contribution >= 0.6 is 11.8 Å². The van der Waals surface area contributed by atoms with Crippen molar-refractivity contribution in [2.24, 2.45) is 0 Å². The molecule has 2 fully saturated rings. The van der Waals surface area contributed by atoms with Gasteiger partial charge in [0.1, 0.15) is 11.9 Å². The first kappa shape index (κ1) is 15.5. The van der Waals surface area contributed by atoms with E-state index < -0.39 is 0 Å². The third-order valence-electron chi connectivity index (χ3n) is 4.66. The van der Waals surface area contributed by atoms with Gasteiger partial charge in [-0.1, -0.05) is 17.7 Å². The van der Waals surface area contributed by atoms with Crippen LogP contribution in [0.4, 0.5) is 0 Å². The van der Waals surface area contributed by atoms with Gasteiger partial charge < -0.3 is 9.64 Å². The Morgan fingerprint density at radius 2 is 2.08 bits per heavy atom. The lowest BCUT2D eigenvalue weighted by atomic mass is 9.92. The fourth-order valence-electron chi connectivity index (χ4n) is 3.38. The summed E-state index contributed by atoms with van der Waals surface area (Å²) in [6.45, 7) is 3.67. The topological polar surface area (TPSA) is 42.4 Å². The Kier molecular flexibility index (Phi) is 3.96. The summed E-state index contributed by atoms with van der Waals surface area (Å²) in [6, 6.07) is 11.6. The van der Waals surface area contributed by atoms with Gasteiger partial charge in [0.25, 0.3) is 5.91 Å². The summed E-state index contributed by atoms with van der Waals surface area (Å²) in [5, 5.41) is 0. The maximum absolute atomic E-state index is 12.5. The summed E-state index contributed by atoms with van der Waals surface area (Å²) in [5.41, 5.74) is 1.95. The molecule has 4 nitrogen and oxygen atoms in total. The predicted molar refractivity (Wildman–Crippen MR) is 95.5 cm³/mol. The van der Waals surface area contributed by atoms with Crippen molar-refractivity contribution >= 4 is 17.7 Å². The number of benzene rings is 1. The van der Waals surface area contributed by atoms with Crippen LogP contribution in [-0.2, 0) is 0 Å². The van der Waals surface area contributed by atoms with Crippen LogP contribution in [0, 0.1) is 6.92 Å². The van der Waals surface area contributed by atoms with Crippen molar-refractivity contribution in [1.82, 2.24) is 9.88 Å². The zero-order valence-electron chi connectivity index (χ0n) is 13.6. The molecule has 1 unspecified atom stereocenters. The lowest BCUT2D eigenvalue weighted by molar-refractivity contribution is 0.0518. The fraction of sp³-hybridized carbons (Fsp3) is 0.368. The Bertz CT molecular complexity index is 727. The molecule has 1 aromatic carbocycles. The van der Waals surface area contributed by atoms with Crippen LogP contribution in [0.1, 0.15) is 22.3 Å². The second-order valence-electron chi connectivity index (χ2n) is 6.65. The lowest BCUT2D eigenvalue weighted by Crippen LogP contribution is -2.60. The summed E-state index contributed by atoms with van der Waals surface area (Å²) in [5.74, 6) is 1.94. The molecule has 124 valence electrons. The molecule has 3 heterocycles. The Morgan fingerprint density at radius 1 is 1.29 bits per heavy atom. The number of ether oxygens (including phenoxy) is 1. The number of carbonyl (C=O) groups is 1. The quantitative estimate of drug-likeness (QED) is 0.861. The average Bonchev–Trinajstić information content (AvgIpc) is 2.99. The highest BCUT2D eigenvalue weighted by Crippen LogP contribution is 2.46. The Balaban J connectivity index is 1.33. The summed E-state index contributed by atoms with van der Waals surface area (Å²) in [6.07, 6.45) is 4.70. The Hall–Kier alpha value is -2.01. The molecule has 1 aromatic heterocycles. The van der Waals surface area contributed by atoms with Gasteiger partial charge in [-0.15, -0.1) is 11.8 Å². The van der Waals surface area contributed by atoms with Crippen molar-refractivity contribution in [3.8, 4) is 5.75 Å². The van der Waals surface area contributed by atoms with Gasteiger partial charge in [0.2, 0.25) is 0 Å². The first-order valence-electron chi connectivity index (χ1n) is 8.20. The van der Waals surface area contributed by atoms with E-state index in [0.29, 0.717) is 0 Å². The molecule has 0 radical (unpaired) electrons. The normalized spacial score (nSPS) is 21.5. The second kappa shape index (κ2) is 6.13. The molecule has 1 spiro atoms. The zero-order chi connectivity index (χ0) is 16.6. The highest BCUT2D eigenvalue weighted by atomic mass is 32.2. The minimum Gasteiger partial charge on any atom is -0.488 e. The minimum atomic E-state index is 0.137. The molecule has 2 aromatic rings. The van der Waals surface area contributed by atoms with E-state index in [4.69, 9.17) is 4.74 Å². The SMILES string of the molecule is Cc1ccc(C(=O)N2CC3(CC(Oc4cccnc4)CS3)C2)cc1. The molecule has 5 heteroatoms. The standard InChI is InChI=1S/C19H20N2O2S/c1-14-4-6-15(7-5-14)18(22)21-12-19(13-21)9-17(11-24-19)23-16-3-2-8-20-10-16/h2-8,10,17H,9,11-13H2,1H3. The van der Waals surface area contributed by atoms with Crippen molar-refractivity contribution in [2.45, 2.75) is 24.2 Å². The zero-order valence-corrected chi connectivity index (χ0v) is 14.5. The summed E-state index contributed by atoms with van der Waals surface area (Å²) in [4.78, 5) is 18.6. The number of carbonyl (C=O) groups excluding carboxylic acids is 1. The van der Waals surface area contributed by atoms with Crippen LogP contribution in [0.15, 0.2) is 48.8 Å². The number of hydrogen-bond donors (Lipinski definition) is 0. The van der Waals surface area contributed by atoms with E-state index in [9.17, 15) is 4.79 Å². The molecule has 1 atom stereocenters. The first-order chi connectivity index (χ1) is 11.6. The first-order valence-corrected chi connectivity index (χ1v) is 9.19. The number of nitrogens with zero attached hydrogens (tertiary/aromatic N) is 2. The maximum atomic E-state index is 12.5. The van der Waals surface area contributed by atoms with Crippen LogP contribution in [0.2, 0.25) is 0 Å². The number of rotatable bonds is 3. The van der Waals surface area contributed by atoms with Crippen LogP contribution in [0.3, 0.4) is 0 Å². The highest BCUT2D eigenvalue weighted by Gasteiger charge is 2.51. The summed E-state index contributed by atoms with van der Waals surface area (Å²) < 4.78 is 6.19. The number of aromatic nitrogens is 1. The van der Waals surface area contributed by atoms with Gasteiger partial charge in [-0.05, 0) is 31.2 Å². The number of pyridine rings is 1. The molecule has 4 rings (SSSR count). The summed E-state index contributed by atoms with van der Waals surface area (Å²) >= 11 is 1.94. The van der Waals surface area contributed by atoms with Gasteiger partial charge in [0.05, 0.1) is 10.9 Å². The van der Waals surface area contributed by atoms with E-state index in [1.807, 2.05) is 60.0 Å². The van der Waals surface area contributed by atoms with Crippen molar-refractivity contribution in [3.05, 3.63) is 59.9 Å². The predicted octanol–water partition coefficient (Wildman–Crippen LogP) is 3.17. The average molecular weight is 340 g/mol. The molecular weight excluding hydrogens is 320 g/mol. The molecule has 2 saturated heterocycles. The van der Waals surface area contributed by atoms with Gasteiger partial charge in [-0.25, -0.2) is 0 Å². The highest BCUT2D eigenvalue weighted by molar-refractivity contribution is 8.01. The van der Waals surface area contributed by atoms with Crippen molar-refractivity contribution in [2.75, 3.05) is 18.8 Å². The maximum Gasteiger partial charge on any atom is 0.253 e. The minimum absolute atomic E-state index is 0.137. The van der Waals surface area contributed by atoms with Crippen molar-refractivity contribution < 1.29 is 9.53 Å². The van der Waals surface area contributed by atoms with Gasteiger partial charge in [0, 0.05) is 37.0 Å². The van der Waals surface area contributed by atoms with Crippen molar-refractivity contribution in [1.29, 1.82) is 0 Å². The van der Waals surface area contributed by atoms with Crippen molar-refractivity contribution in [3.63, 3.8) is 0 Å². The van der Waals surface area contributed by atoms with Gasteiger partial charge in [0.15, 0.2) is 0 Å². The number of likely N-dealkylation sites (tertiary alicyclic amines) is 1. The molecule has 0 bridgehead atoms. The molecule has 0 aliphatic carbocycles. The van der Waals surface area contributed by atoms with Gasteiger partial charge >= 0.3 is 0 Å². The third kappa shape index (κ3) is 3.00. The van der Waals surface area contributed by atoms with E-state index in [-0.39, 0.29) is 16.8 Å². The third-order valence-corrected chi connectivity index (χ3v) is 6.23. The van der Waals surface area contributed by atoms with Gasteiger partial charge in [-0.2, -0.15) is 0 Å². The molecule has 24 heavy (non-hydrogen) atoms. The van der Waals surface area contributed by atoms with Crippen LogP contribution in [0.5, 0.6) is 5.75 Å². The molecular formula is C19H20N2O2S. The van der Waals surface area contributed by atoms with Crippen LogP contribution < -0.4 is 4.74 Å². The molecule has 0 N–H and O–H groups in total. The fourth-order valence-corrected chi connectivity index (χ4v) is 4.90. The molecule has 1 amide bonds. The number of thioether (sulfide) groups is 1. The van der Waals surface area contributed by atoms with Crippen LogP contribution in [-0.4, -0.2) is 45.5 Å². The van der Waals surface area contributed by atoms with E-state index >= 15 is 0 Å². The Labute approximate surface area is 146 Å². The number of amides is 1. The number of aryl methyl sites for hydroxylation is 1. The smallest absolute Gasteiger partial charge is 0.253 e. The van der Waals surface area contributed by atoms with E-state index in [1.54, 1.807) is 12.4 Å². The lowest BCUT2D eigenvalue weighted by Gasteiger charge is -2.47. The molecule has 2 aliphatic rings. The number of hydrogen-bond acceptors (Lipinski definition) is 4. The second-order valence-corrected chi connectivity index (χ2v) is 8.14. The van der Waals surface area contributed by atoms with Gasteiger partial charge in [-0.3, -0.25) is 9.78 Å². The monoisotopic (exact) mass is 340 g/mol. The summed E-state index contributed by atoms with van der Waals surface area (Å²) in [7, 11) is 0. The van der Waals surface area contributed by atoms with E-state index in [1.165, 1.54) is 5.56 Å². The largest absolute Gasteiger partial charge is 0.488 e. The van der Waals surface area contributed by atoms with E-state index in [2.05, 4.69) is 4.98 Å².